The van der Waals surface area contributed by atoms with E-state index in [-0.39, 0.29) is 24.0 Å². The van der Waals surface area contributed by atoms with Gasteiger partial charge in [-0.25, -0.2) is 0 Å². The maximum Gasteiger partial charge on any atom is 0.471 e. The van der Waals surface area contributed by atoms with Crippen LogP contribution < -0.4 is 0 Å². The molecule has 1 saturated heterocycles. The molecule has 4 rings (SSSR count). The van der Waals surface area contributed by atoms with Gasteiger partial charge in [0.25, 0.3) is 0 Å². The highest BCUT2D eigenvalue weighted by Crippen LogP contribution is 2.63. The van der Waals surface area contributed by atoms with E-state index in [1.165, 1.54) is 4.90 Å². The van der Waals surface area contributed by atoms with E-state index in [4.69, 9.17) is 0 Å². The molecule has 6 heteroatoms. The second kappa shape index (κ2) is 6.36. The number of aliphatic hydroxyl groups is 1. The molecule has 0 unspecified atom stereocenters. The standard InChI is InChI=1S/C21H32F3NO2/c1-19-9-7-14(26)12-13(19)5-6-15-16(19)8-10-20(2)17(15)4-3-11-25(20)18(27)21(22,23)24/h13-17,26H,3-12H2,1-2H3/t13-,14+,15+,16-,17-,19-,20-/m0/s1. The summed E-state index contributed by atoms with van der Waals surface area (Å²) in [5.41, 5.74) is -0.469. The van der Waals surface area contributed by atoms with E-state index in [0.29, 0.717) is 30.6 Å². The number of halogens is 3. The van der Waals surface area contributed by atoms with Gasteiger partial charge in [0.1, 0.15) is 0 Å². The molecule has 0 aromatic rings. The third-order valence-corrected chi connectivity index (χ3v) is 9.00. The van der Waals surface area contributed by atoms with Gasteiger partial charge in [-0.3, -0.25) is 4.79 Å². The molecule has 1 aliphatic heterocycles. The smallest absolute Gasteiger partial charge is 0.393 e. The van der Waals surface area contributed by atoms with Gasteiger partial charge in [0.15, 0.2) is 0 Å². The first kappa shape index (κ1) is 19.5. The fraction of sp³-hybridized carbons (Fsp3) is 0.952. The van der Waals surface area contributed by atoms with Crippen molar-refractivity contribution in [2.24, 2.45) is 29.1 Å². The lowest BCUT2D eigenvalue weighted by molar-refractivity contribution is -0.205. The van der Waals surface area contributed by atoms with E-state index in [1.54, 1.807) is 0 Å². The lowest BCUT2D eigenvalue weighted by atomic mass is 9.45. The molecule has 0 aromatic carbocycles. The minimum absolute atomic E-state index is 0.168. The Labute approximate surface area is 159 Å². The largest absolute Gasteiger partial charge is 0.471 e. The predicted molar refractivity (Wildman–Crippen MR) is 95.8 cm³/mol. The van der Waals surface area contributed by atoms with Crippen molar-refractivity contribution in [3.05, 3.63) is 0 Å². The summed E-state index contributed by atoms with van der Waals surface area (Å²) >= 11 is 0. The van der Waals surface area contributed by atoms with E-state index in [9.17, 15) is 23.1 Å². The Morgan fingerprint density at radius 1 is 1.04 bits per heavy atom. The van der Waals surface area contributed by atoms with Crippen molar-refractivity contribution in [2.45, 2.75) is 89.5 Å². The highest BCUT2D eigenvalue weighted by Gasteiger charge is 2.61. The number of aliphatic hydroxyl groups excluding tert-OH is 1. The molecule has 154 valence electrons. The molecule has 0 spiro atoms. The minimum Gasteiger partial charge on any atom is -0.393 e. The highest BCUT2D eigenvalue weighted by molar-refractivity contribution is 5.82. The van der Waals surface area contributed by atoms with Gasteiger partial charge in [0.2, 0.25) is 0 Å². The second-order valence-electron chi connectivity index (χ2n) is 10.1. The molecule has 4 fully saturated rings. The molecular formula is C21H32F3NO2. The fourth-order valence-electron chi connectivity index (χ4n) is 7.61. The number of amides is 1. The first-order valence-electron chi connectivity index (χ1n) is 10.6. The predicted octanol–water partition coefficient (Wildman–Crippen LogP) is 4.53. The number of alkyl halides is 3. The first-order valence-corrected chi connectivity index (χ1v) is 10.6. The topological polar surface area (TPSA) is 40.5 Å². The zero-order chi connectivity index (χ0) is 19.6. The van der Waals surface area contributed by atoms with Crippen LogP contribution in [0.2, 0.25) is 0 Å². The number of nitrogens with zero attached hydrogens (tertiary/aromatic N) is 1. The number of fused-ring (bicyclic) bond motifs is 5. The summed E-state index contributed by atoms with van der Waals surface area (Å²) in [6.07, 6.45) is 3.04. The van der Waals surface area contributed by atoms with E-state index in [2.05, 4.69) is 6.92 Å². The summed E-state index contributed by atoms with van der Waals surface area (Å²) in [6.45, 7) is 4.51. The Kier molecular flexibility index (Phi) is 4.60. The van der Waals surface area contributed by atoms with Crippen LogP contribution in [-0.4, -0.2) is 40.3 Å². The summed E-state index contributed by atoms with van der Waals surface area (Å²) in [6, 6.07) is 0. The lowest BCUT2D eigenvalue weighted by Gasteiger charge is -2.64. The van der Waals surface area contributed by atoms with Crippen LogP contribution in [0.3, 0.4) is 0 Å². The SMILES string of the molecule is C[C@]12CC[C@@H](O)C[C@@H]1CC[C@@H]1[C@@H]2CC[C@@]2(C)[C@H]1CCCN2C(=O)C(F)(F)F. The monoisotopic (exact) mass is 387 g/mol. The normalized spacial score (nSPS) is 47.6. The maximum atomic E-state index is 13.2. The number of likely N-dealkylation sites (tertiary alicyclic amines) is 1. The van der Waals surface area contributed by atoms with Gasteiger partial charge >= 0.3 is 12.1 Å². The maximum absolute atomic E-state index is 13.2. The number of hydrogen-bond acceptors (Lipinski definition) is 2. The molecule has 4 aliphatic rings. The molecule has 1 heterocycles. The van der Waals surface area contributed by atoms with Gasteiger partial charge < -0.3 is 10.0 Å². The van der Waals surface area contributed by atoms with E-state index in [0.717, 1.165) is 44.9 Å². The van der Waals surface area contributed by atoms with Crippen LogP contribution in [0.1, 0.15) is 71.6 Å². The number of hydrogen-bond donors (Lipinski definition) is 1. The molecule has 1 amide bonds. The van der Waals surface area contributed by atoms with Gasteiger partial charge in [-0.2, -0.15) is 13.2 Å². The molecule has 7 atom stereocenters. The van der Waals surface area contributed by atoms with Crippen molar-refractivity contribution >= 4 is 5.91 Å². The van der Waals surface area contributed by atoms with Crippen molar-refractivity contribution in [3.63, 3.8) is 0 Å². The molecule has 0 aromatic heterocycles. The average molecular weight is 387 g/mol. The summed E-state index contributed by atoms with van der Waals surface area (Å²) in [4.78, 5) is 13.3. The van der Waals surface area contributed by atoms with Gasteiger partial charge in [-0.15, -0.1) is 0 Å². The van der Waals surface area contributed by atoms with Crippen LogP contribution in [0.4, 0.5) is 13.2 Å². The van der Waals surface area contributed by atoms with Gasteiger partial charge in [-0.05, 0) is 93.8 Å². The Morgan fingerprint density at radius 3 is 2.48 bits per heavy atom. The van der Waals surface area contributed by atoms with Crippen LogP contribution in [0.15, 0.2) is 0 Å². The van der Waals surface area contributed by atoms with Crippen molar-refractivity contribution in [1.82, 2.24) is 4.90 Å². The number of carbonyl (C=O) groups is 1. The number of rotatable bonds is 0. The number of carbonyl (C=O) groups excluding carboxylic acids is 1. The fourth-order valence-corrected chi connectivity index (χ4v) is 7.61. The Hall–Kier alpha value is -0.780. The van der Waals surface area contributed by atoms with Crippen molar-refractivity contribution in [2.75, 3.05) is 6.54 Å². The Balaban J connectivity index is 1.62. The van der Waals surface area contributed by atoms with Crippen LogP contribution in [0, 0.1) is 29.1 Å². The molecule has 3 aliphatic carbocycles. The van der Waals surface area contributed by atoms with E-state index in [1.807, 2.05) is 6.92 Å². The van der Waals surface area contributed by atoms with E-state index >= 15 is 0 Å². The summed E-state index contributed by atoms with van der Waals surface area (Å²) < 4.78 is 39.6. The molecular weight excluding hydrogens is 355 g/mol. The molecule has 27 heavy (non-hydrogen) atoms. The zero-order valence-electron chi connectivity index (χ0n) is 16.4. The van der Waals surface area contributed by atoms with Crippen LogP contribution in [0.25, 0.3) is 0 Å². The summed E-state index contributed by atoms with van der Waals surface area (Å²) in [5.74, 6) is -0.0232. The quantitative estimate of drug-likeness (QED) is 0.663. The van der Waals surface area contributed by atoms with Crippen molar-refractivity contribution < 1.29 is 23.1 Å². The van der Waals surface area contributed by atoms with Crippen molar-refractivity contribution in [1.29, 1.82) is 0 Å². The molecule has 1 N–H and O–H groups in total. The Bertz CT molecular complexity index is 609. The van der Waals surface area contributed by atoms with Crippen LogP contribution in [-0.2, 0) is 4.79 Å². The van der Waals surface area contributed by atoms with Crippen LogP contribution in [0.5, 0.6) is 0 Å². The first-order chi connectivity index (χ1) is 12.6. The van der Waals surface area contributed by atoms with Crippen molar-refractivity contribution in [3.8, 4) is 0 Å². The summed E-state index contributed by atoms with van der Waals surface area (Å²) in [5, 5.41) is 10.1. The van der Waals surface area contributed by atoms with Gasteiger partial charge in [0.05, 0.1) is 6.10 Å². The molecule has 3 saturated carbocycles. The molecule has 0 bridgehead atoms. The Morgan fingerprint density at radius 2 is 1.78 bits per heavy atom. The van der Waals surface area contributed by atoms with Gasteiger partial charge in [0, 0.05) is 12.1 Å². The van der Waals surface area contributed by atoms with E-state index < -0.39 is 17.6 Å². The zero-order valence-corrected chi connectivity index (χ0v) is 16.4. The third kappa shape index (κ3) is 2.92. The molecule has 0 radical (unpaired) electrons. The lowest BCUT2D eigenvalue weighted by Crippen LogP contribution is -2.66. The van der Waals surface area contributed by atoms with Gasteiger partial charge in [-0.1, -0.05) is 6.92 Å². The molecule has 3 nitrogen and oxygen atoms in total. The van der Waals surface area contributed by atoms with Crippen LogP contribution >= 0.6 is 0 Å². The highest BCUT2D eigenvalue weighted by atomic mass is 19.4. The third-order valence-electron chi connectivity index (χ3n) is 9.00. The minimum atomic E-state index is -4.79. The number of piperidine rings is 1. The second-order valence-corrected chi connectivity index (χ2v) is 10.1. The average Bonchev–Trinajstić information content (AvgIpc) is 2.59. The summed E-state index contributed by atoms with van der Waals surface area (Å²) in [7, 11) is 0.